The van der Waals surface area contributed by atoms with E-state index in [2.05, 4.69) is 148 Å². The fourth-order valence-corrected chi connectivity index (χ4v) is 7.91. The summed E-state index contributed by atoms with van der Waals surface area (Å²) in [4.78, 5) is 15.6. The third-order valence-corrected chi connectivity index (χ3v) is 10.1. The van der Waals surface area contributed by atoms with Gasteiger partial charge in [0.2, 0.25) is 5.95 Å². The molecule has 0 N–H and O–H groups in total. The Morgan fingerprint density at radius 3 is 1.46 bits per heavy atom. The Kier molecular flexibility index (Phi) is 5.60. The third-order valence-electron chi connectivity index (χ3n) is 10.1. The van der Waals surface area contributed by atoms with E-state index in [0.717, 1.165) is 44.0 Å². The summed E-state index contributed by atoms with van der Waals surface area (Å²) in [6.45, 7) is 0. The zero-order valence-electron chi connectivity index (χ0n) is 26.8. The second kappa shape index (κ2) is 10.3. The number of hydrogen-bond donors (Lipinski definition) is 0. The first-order valence-corrected chi connectivity index (χ1v) is 16.9. The van der Waals surface area contributed by atoms with Gasteiger partial charge in [-0.15, -0.1) is 0 Å². The van der Waals surface area contributed by atoms with Crippen LogP contribution in [0.25, 0.3) is 99.8 Å². The van der Waals surface area contributed by atoms with Crippen molar-refractivity contribution in [1.82, 2.24) is 23.9 Å². The van der Waals surface area contributed by atoms with Crippen LogP contribution in [0.15, 0.2) is 164 Å². The fraction of sp³-hybridized carbons (Fsp3) is 0. The molecule has 0 spiro atoms. The molecule has 0 bridgehead atoms. The van der Waals surface area contributed by atoms with Gasteiger partial charge in [-0.05, 0) is 23.3 Å². The van der Waals surface area contributed by atoms with E-state index < -0.39 is 0 Å². The fourth-order valence-electron chi connectivity index (χ4n) is 7.91. The number of rotatable bonds is 4. The Balaban J connectivity index is 1.26. The number of benzene rings is 7. The minimum atomic E-state index is 0.587. The number of hydrogen-bond acceptors (Lipinski definition) is 3. The average molecular weight is 638 g/mol. The lowest BCUT2D eigenvalue weighted by Crippen LogP contribution is -2.06. The SMILES string of the molecule is c1ccc(-c2ccc(-c3nc(-c4ccccc4)nc(-n4c5ccccc5c5ccc6c7cccc8c9ccccc9n(c87)c6c54)n3)cc2)cc1. The average Bonchev–Trinajstić information content (AvgIpc) is 3.84. The smallest absolute Gasteiger partial charge is 0.238 e. The molecule has 232 valence electrons. The maximum absolute atomic E-state index is 5.28. The van der Waals surface area contributed by atoms with E-state index in [1.54, 1.807) is 0 Å². The molecule has 0 saturated carbocycles. The molecular weight excluding hydrogens is 611 g/mol. The quantitative estimate of drug-likeness (QED) is 0.193. The van der Waals surface area contributed by atoms with Crippen LogP contribution >= 0.6 is 0 Å². The van der Waals surface area contributed by atoms with E-state index in [1.807, 2.05) is 24.3 Å². The van der Waals surface area contributed by atoms with Crippen molar-refractivity contribution < 1.29 is 0 Å². The molecule has 0 aliphatic rings. The largest absolute Gasteiger partial charge is 0.306 e. The van der Waals surface area contributed by atoms with Gasteiger partial charge >= 0.3 is 0 Å². The van der Waals surface area contributed by atoms with E-state index >= 15 is 0 Å². The monoisotopic (exact) mass is 637 g/mol. The predicted octanol–water partition coefficient (Wildman–Crippen LogP) is 11.1. The van der Waals surface area contributed by atoms with Crippen molar-refractivity contribution in [3.63, 3.8) is 0 Å². The molecule has 4 aromatic heterocycles. The van der Waals surface area contributed by atoms with Crippen LogP contribution in [0.1, 0.15) is 0 Å². The Morgan fingerprint density at radius 1 is 0.300 bits per heavy atom. The highest BCUT2D eigenvalue weighted by atomic mass is 15.2. The molecule has 0 saturated heterocycles. The third kappa shape index (κ3) is 3.80. The molecule has 5 heteroatoms. The molecule has 0 amide bonds. The second-order valence-electron chi connectivity index (χ2n) is 12.9. The molecule has 0 atom stereocenters. The van der Waals surface area contributed by atoms with Crippen LogP contribution < -0.4 is 0 Å². The van der Waals surface area contributed by atoms with Gasteiger partial charge in [0.1, 0.15) is 0 Å². The first kappa shape index (κ1) is 27.1. The summed E-state index contributed by atoms with van der Waals surface area (Å²) >= 11 is 0. The van der Waals surface area contributed by atoms with Crippen molar-refractivity contribution in [3.8, 4) is 39.9 Å². The topological polar surface area (TPSA) is 48.0 Å². The summed E-state index contributed by atoms with van der Waals surface area (Å²) < 4.78 is 4.71. The van der Waals surface area contributed by atoms with Gasteiger partial charge < -0.3 is 4.40 Å². The van der Waals surface area contributed by atoms with E-state index in [0.29, 0.717) is 17.6 Å². The predicted molar refractivity (Wildman–Crippen MR) is 205 cm³/mol. The number of fused-ring (bicyclic) bond motifs is 10. The van der Waals surface area contributed by atoms with E-state index in [1.165, 1.54) is 38.1 Å². The van der Waals surface area contributed by atoms with E-state index in [9.17, 15) is 0 Å². The molecule has 0 fully saturated rings. The number of aromatic nitrogens is 5. The Labute approximate surface area is 286 Å². The second-order valence-corrected chi connectivity index (χ2v) is 12.9. The zero-order valence-corrected chi connectivity index (χ0v) is 26.8. The van der Waals surface area contributed by atoms with Gasteiger partial charge in [-0.2, -0.15) is 9.97 Å². The Bertz CT molecular complexity index is 3070. The van der Waals surface area contributed by atoms with Crippen LogP contribution in [0.4, 0.5) is 0 Å². The van der Waals surface area contributed by atoms with Crippen molar-refractivity contribution >= 4 is 59.9 Å². The van der Waals surface area contributed by atoms with Gasteiger partial charge in [0, 0.05) is 43.4 Å². The summed E-state index contributed by atoms with van der Waals surface area (Å²) in [6, 6.07) is 57.6. The lowest BCUT2D eigenvalue weighted by atomic mass is 10.0. The van der Waals surface area contributed by atoms with E-state index in [-0.39, 0.29) is 0 Å². The molecule has 11 rings (SSSR count). The van der Waals surface area contributed by atoms with Crippen molar-refractivity contribution in [2.24, 2.45) is 0 Å². The Morgan fingerprint density at radius 2 is 0.760 bits per heavy atom. The molecular formula is C45H27N5. The van der Waals surface area contributed by atoms with Crippen LogP contribution in [-0.2, 0) is 0 Å². The highest BCUT2D eigenvalue weighted by molar-refractivity contribution is 6.29. The Hall–Kier alpha value is -6.85. The van der Waals surface area contributed by atoms with Crippen molar-refractivity contribution in [2.75, 3.05) is 0 Å². The highest BCUT2D eigenvalue weighted by Gasteiger charge is 2.24. The first-order chi connectivity index (χ1) is 24.8. The van der Waals surface area contributed by atoms with Crippen molar-refractivity contribution in [1.29, 1.82) is 0 Å². The lowest BCUT2D eigenvalue weighted by molar-refractivity contribution is 0.954. The van der Waals surface area contributed by atoms with E-state index in [4.69, 9.17) is 15.0 Å². The van der Waals surface area contributed by atoms with Crippen LogP contribution in [-0.4, -0.2) is 23.9 Å². The van der Waals surface area contributed by atoms with Crippen molar-refractivity contribution in [2.45, 2.75) is 0 Å². The summed E-state index contributed by atoms with van der Waals surface area (Å²) in [5, 5.41) is 7.28. The molecule has 0 radical (unpaired) electrons. The highest BCUT2D eigenvalue weighted by Crippen LogP contribution is 2.44. The molecule has 0 aliphatic heterocycles. The molecule has 7 aromatic carbocycles. The van der Waals surface area contributed by atoms with Crippen LogP contribution in [0.2, 0.25) is 0 Å². The van der Waals surface area contributed by atoms with Gasteiger partial charge in [0.25, 0.3) is 0 Å². The number of nitrogens with zero attached hydrogens (tertiary/aromatic N) is 5. The summed E-state index contributed by atoms with van der Waals surface area (Å²) in [5.74, 6) is 1.85. The normalized spacial score (nSPS) is 12.0. The molecule has 0 aliphatic carbocycles. The van der Waals surface area contributed by atoms with Crippen molar-refractivity contribution in [3.05, 3.63) is 164 Å². The summed E-state index contributed by atoms with van der Waals surface area (Å²) in [5.41, 5.74) is 9.92. The standard InChI is InChI=1S/C45H27N5/c1-3-12-28(13-4-1)29-22-24-31(25-23-29)44-46-43(30-14-5-2-6-15-30)47-45(48-44)50-39-21-10-8-17-33(39)36-26-27-37-35-19-11-18-34-32-16-7-9-20-38(32)49(40(34)35)41(37)42(36)50/h1-27H. The van der Waals surface area contributed by atoms with Gasteiger partial charge in [-0.1, -0.05) is 152 Å². The van der Waals surface area contributed by atoms with Gasteiger partial charge in [-0.25, -0.2) is 4.98 Å². The van der Waals surface area contributed by atoms with Crippen LogP contribution in [0.3, 0.4) is 0 Å². The summed E-state index contributed by atoms with van der Waals surface area (Å²) in [6.07, 6.45) is 0. The lowest BCUT2D eigenvalue weighted by Gasteiger charge is -2.12. The molecule has 11 aromatic rings. The molecule has 50 heavy (non-hydrogen) atoms. The maximum atomic E-state index is 5.28. The number of para-hydroxylation sites is 3. The molecule has 4 heterocycles. The van der Waals surface area contributed by atoms with Gasteiger partial charge in [0.15, 0.2) is 11.6 Å². The zero-order chi connectivity index (χ0) is 32.8. The van der Waals surface area contributed by atoms with Crippen LogP contribution in [0.5, 0.6) is 0 Å². The minimum absolute atomic E-state index is 0.587. The van der Waals surface area contributed by atoms with Crippen LogP contribution in [0, 0.1) is 0 Å². The van der Waals surface area contributed by atoms with Gasteiger partial charge in [0.05, 0.1) is 27.6 Å². The van der Waals surface area contributed by atoms with Gasteiger partial charge in [-0.3, -0.25) is 4.57 Å². The summed E-state index contributed by atoms with van der Waals surface area (Å²) in [7, 11) is 0. The maximum Gasteiger partial charge on any atom is 0.238 e. The molecule has 5 nitrogen and oxygen atoms in total. The molecule has 0 unspecified atom stereocenters. The minimum Gasteiger partial charge on any atom is -0.306 e. The first-order valence-electron chi connectivity index (χ1n) is 16.9.